The number of unbranched alkanes of at least 4 members (excludes halogenated alkanes) is 4. The zero-order chi connectivity index (χ0) is 14.7. The van der Waals surface area contributed by atoms with Crippen LogP contribution in [0.1, 0.15) is 73.1 Å². The Morgan fingerprint density at radius 3 is 2.11 bits per heavy atom. The molecule has 0 heterocycles. The van der Waals surface area contributed by atoms with E-state index in [1.807, 2.05) is 0 Å². The van der Waals surface area contributed by atoms with E-state index in [-0.39, 0.29) is 6.03 Å². The Morgan fingerprint density at radius 1 is 0.947 bits per heavy atom. The van der Waals surface area contributed by atoms with E-state index in [0.29, 0.717) is 11.3 Å². The molecule has 0 aliphatic heterocycles. The van der Waals surface area contributed by atoms with Crippen LogP contribution in [0.5, 0.6) is 0 Å². The fourth-order valence-corrected chi connectivity index (χ4v) is 1.87. The van der Waals surface area contributed by atoms with Crippen LogP contribution >= 0.6 is 0 Å². The van der Waals surface area contributed by atoms with Crippen LogP contribution < -0.4 is 10.6 Å². The molecular weight excluding hydrogens is 236 g/mol. The second-order valence-corrected chi connectivity index (χ2v) is 7.11. The maximum absolute atomic E-state index is 11.4. The van der Waals surface area contributed by atoms with E-state index >= 15 is 0 Å². The predicted molar refractivity (Wildman–Crippen MR) is 83.4 cm³/mol. The van der Waals surface area contributed by atoms with Gasteiger partial charge in [0.2, 0.25) is 0 Å². The molecule has 0 aromatic carbocycles. The molecule has 0 atom stereocenters. The van der Waals surface area contributed by atoms with Crippen LogP contribution in [0, 0.1) is 11.3 Å². The van der Waals surface area contributed by atoms with Crippen molar-refractivity contribution in [2.24, 2.45) is 11.3 Å². The molecule has 0 radical (unpaired) electrons. The van der Waals surface area contributed by atoms with Gasteiger partial charge in [0.15, 0.2) is 0 Å². The normalized spacial score (nSPS) is 11.7. The second kappa shape index (κ2) is 10.1. The van der Waals surface area contributed by atoms with E-state index in [1.54, 1.807) is 0 Å². The van der Waals surface area contributed by atoms with Crippen molar-refractivity contribution in [3.63, 3.8) is 0 Å². The minimum absolute atomic E-state index is 0.0265. The molecule has 114 valence electrons. The van der Waals surface area contributed by atoms with Crippen LogP contribution in [-0.4, -0.2) is 19.1 Å². The van der Waals surface area contributed by atoms with Gasteiger partial charge < -0.3 is 10.6 Å². The summed E-state index contributed by atoms with van der Waals surface area (Å²) in [5.41, 5.74) is 0.468. The third kappa shape index (κ3) is 15.2. The number of hydrogen-bond donors (Lipinski definition) is 2. The average Bonchev–Trinajstić information content (AvgIpc) is 2.28. The van der Waals surface area contributed by atoms with Gasteiger partial charge in [-0.2, -0.15) is 0 Å². The van der Waals surface area contributed by atoms with Gasteiger partial charge in [0.25, 0.3) is 0 Å². The molecule has 0 saturated carbocycles. The quantitative estimate of drug-likeness (QED) is 0.602. The summed E-state index contributed by atoms with van der Waals surface area (Å²) in [6.45, 7) is 12.6. The van der Waals surface area contributed by atoms with Crippen molar-refractivity contribution in [2.75, 3.05) is 13.1 Å². The summed E-state index contributed by atoms with van der Waals surface area (Å²) in [5, 5.41) is 5.76. The smallest absolute Gasteiger partial charge is 0.314 e. The molecule has 0 aliphatic rings. The van der Waals surface area contributed by atoms with Crippen molar-refractivity contribution in [1.82, 2.24) is 10.6 Å². The lowest BCUT2D eigenvalue weighted by molar-refractivity contribution is 0.239. The summed E-state index contributed by atoms with van der Waals surface area (Å²) >= 11 is 0. The molecule has 0 rings (SSSR count). The molecule has 3 nitrogen and oxygen atoms in total. The highest BCUT2D eigenvalue weighted by molar-refractivity contribution is 5.73. The molecule has 0 aliphatic carbocycles. The Kier molecular flexibility index (Phi) is 9.72. The minimum atomic E-state index is -0.0265. The van der Waals surface area contributed by atoms with Crippen LogP contribution in [-0.2, 0) is 0 Å². The van der Waals surface area contributed by atoms with Crippen molar-refractivity contribution < 1.29 is 4.79 Å². The highest BCUT2D eigenvalue weighted by Gasteiger charge is 2.08. The van der Waals surface area contributed by atoms with Crippen molar-refractivity contribution in [3.05, 3.63) is 0 Å². The fraction of sp³-hybridized carbons (Fsp3) is 0.938. The van der Waals surface area contributed by atoms with Gasteiger partial charge in [0.1, 0.15) is 0 Å². The van der Waals surface area contributed by atoms with E-state index in [1.165, 1.54) is 32.1 Å². The average molecular weight is 270 g/mol. The lowest BCUT2D eigenvalue weighted by Crippen LogP contribution is -2.37. The Hall–Kier alpha value is -0.730. The van der Waals surface area contributed by atoms with Gasteiger partial charge in [-0.1, -0.05) is 60.3 Å². The standard InChI is InChI=1S/C16H34N2O/c1-14(2)13-18-15(19)17-12-10-8-6-7-9-11-16(3,4)5/h14H,6-13H2,1-5H3,(H2,17,18,19). The van der Waals surface area contributed by atoms with Crippen molar-refractivity contribution in [2.45, 2.75) is 73.1 Å². The first-order chi connectivity index (χ1) is 8.81. The Morgan fingerprint density at radius 2 is 1.53 bits per heavy atom. The molecule has 0 fully saturated rings. The zero-order valence-electron chi connectivity index (χ0n) is 13.6. The van der Waals surface area contributed by atoms with Gasteiger partial charge in [0.05, 0.1) is 0 Å². The lowest BCUT2D eigenvalue weighted by atomic mass is 9.89. The first-order valence-corrected chi connectivity index (χ1v) is 7.83. The molecule has 2 amide bonds. The summed E-state index contributed by atoms with van der Waals surface area (Å²) in [6.07, 6.45) is 7.54. The van der Waals surface area contributed by atoms with Gasteiger partial charge in [-0.15, -0.1) is 0 Å². The summed E-state index contributed by atoms with van der Waals surface area (Å²) in [5.74, 6) is 0.508. The van der Waals surface area contributed by atoms with Gasteiger partial charge >= 0.3 is 6.03 Å². The van der Waals surface area contributed by atoms with E-state index in [2.05, 4.69) is 45.3 Å². The number of rotatable bonds is 9. The van der Waals surface area contributed by atoms with Crippen molar-refractivity contribution >= 4 is 6.03 Å². The number of carbonyl (C=O) groups is 1. The monoisotopic (exact) mass is 270 g/mol. The van der Waals surface area contributed by atoms with Crippen molar-refractivity contribution in [1.29, 1.82) is 0 Å². The largest absolute Gasteiger partial charge is 0.338 e. The minimum Gasteiger partial charge on any atom is -0.338 e. The summed E-state index contributed by atoms with van der Waals surface area (Å²) in [4.78, 5) is 11.4. The number of carbonyl (C=O) groups excluding carboxylic acids is 1. The molecule has 0 aromatic heterocycles. The highest BCUT2D eigenvalue weighted by atomic mass is 16.2. The van der Waals surface area contributed by atoms with Crippen LogP contribution in [0.15, 0.2) is 0 Å². The van der Waals surface area contributed by atoms with E-state index in [0.717, 1.165) is 19.5 Å². The molecule has 0 spiro atoms. The third-order valence-electron chi connectivity index (χ3n) is 3.06. The summed E-state index contributed by atoms with van der Waals surface area (Å²) in [7, 11) is 0. The highest BCUT2D eigenvalue weighted by Crippen LogP contribution is 2.22. The van der Waals surface area contributed by atoms with Crippen LogP contribution in [0.3, 0.4) is 0 Å². The zero-order valence-corrected chi connectivity index (χ0v) is 13.6. The molecule has 0 saturated heterocycles. The van der Waals surface area contributed by atoms with Crippen LogP contribution in [0.25, 0.3) is 0 Å². The molecule has 0 bridgehead atoms. The van der Waals surface area contributed by atoms with Crippen molar-refractivity contribution in [3.8, 4) is 0 Å². The van der Waals surface area contributed by atoms with E-state index in [9.17, 15) is 4.79 Å². The Labute approximate surface area is 119 Å². The summed E-state index contributed by atoms with van der Waals surface area (Å²) in [6, 6.07) is -0.0265. The molecule has 19 heavy (non-hydrogen) atoms. The fourth-order valence-electron chi connectivity index (χ4n) is 1.87. The number of amides is 2. The van der Waals surface area contributed by atoms with Gasteiger partial charge in [-0.05, 0) is 24.2 Å². The second-order valence-electron chi connectivity index (χ2n) is 7.11. The molecule has 2 N–H and O–H groups in total. The first kappa shape index (κ1) is 18.3. The third-order valence-corrected chi connectivity index (χ3v) is 3.06. The number of urea groups is 1. The van der Waals surface area contributed by atoms with E-state index < -0.39 is 0 Å². The maximum Gasteiger partial charge on any atom is 0.314 e. The SMILES string of the molecule is CC(C)CNC(=O)NCCCCCCCC(C)(C)C. The predicted octanol–water partition coefficient (Wildman–Crippen LogP) is 4.33. The lowest BCUT2D eigenvalue weighted by Gasteiger charge is -2.17. The Bertz CT molecular complexity index is 231. The number of nitrogens with one attached hydrogen (secondary N) is 2. The molecular formula is C16H34N2O. The molecule has 0 aromatic rings. The van der Waals surface area contributed by atoms with Gasteiger partial charge in [-0.25, -0.2) is 4.79 Å². The first-order valence-electron chi connectivity index (χ1n) is 7.83. The topological polar surface area (TPSA) is 41.1 Å². The van der Waals surface area contributed by atoms with Gasteiger partial charge in [-0.3, -0.25) is 0 Å². The maximum atomic E-state index is 11.4. The van der Waals surface area contributed by atoms with Crippen LogP contribution in [0.2, 0.25) is 0 Å². The van der Waals surface area contributed by atoms with E-state index in [4.69, 9.17) is 0 Å². The van der Waals surface area contributed by atoms with Gasteiger partial charge in [0, 0.05) is 13.1 Å². The molecule has 3 heteroatoms. The molecule has 0 unspecified atom stereocenters. The number of hydrogen-bond acceptors (Lipinski definition) is 1. The Balaban J connectivity index is 3.25. The van der Waals surface area contributed by atoms with Crippen LogP contribution in [0.4, 0.5) is 4.79 Å². The summed E-state index contributed by atoms with van der Waals surface area (Å²) < 4.78 is 0.